The number of carbonyl (C=O) groups excluding carboxylic acids is 2. The molecule has 0 saturated heterocycles. The van der Waals surface area contributed by atoms with Gasteiger partial charge in [-0.05, 0) is 48.2 Å². The lowest BCUT2D eigenvalue weighted by atomic mass is 10.0. The maximum Gasteiger partial charge on any atom is 0.243 e. The van der Waals surface area contributed by atoms with Crippen LogP contribution in [0.4, 0.5) is 0 Å². The van der Waals surface area contributed by atoms with Gasteiger partial charge >= 0.3 is 0 Å². The van der Waals surface area contributed by atoms with E-state index in [1.807, 2.05) is 80.6 Å². The number of thioether (sulfide) groups is 1. The molecule has 0 radical (unpaired) electrons. The molecule has 0 heterocycles. The maximum absolute atomic E-state index is 13.6. The van der Waals surface area contributed by atoms with Crippen molar-refractivity contribution in [1.29, 1.82) is 0 Å². The summed E-state index contributed by atoms with van der Waals surface area (Å²) in [6, 6.07) is 25.5. The molecular weight excluding hydrogens is 508 g/mol. The van der Waals surface area contributed by atoms with Gasteiger partial charge in [-0.1, -0.05) is 82.7 Å². The predicted molar refractivity (Wildman–Crippen MR) is 145 cm³/mol. The SMILES string of the molecule is CCNC(=O)[C@@H](Cc1ccccc1)N(Cc1ccccc1C)C(=O)CSCc1ccc(Br)cc1. The van der Waals surface area contributed by atoms with Crippen molar-refractivity contribution in [3.8, 4) is 0 Å². The summed E-state index contributed by atoms with van der Waals surface area (Å²) in [5.41, 5.74) is 4.35. The Morgan fingerprint density at radius 3 is 2.29 bits per heavy atom. The number of hydrogen-bond donors (Lipinski definition) is 1. The summed E-state index contributed by atoms with van der Waals surface area (Å²) in [7, 11) is 0. The van der Waals surface area contributed by atoms with Crippen molar-refractivity contribution in [3.05, 3.63) is 106 Å². The summed E-state index contributed by atoms with van der Waals surface area (Å²) in [5, 5.41) is 2.94. The van der Waals surface area contributed by atoms with Gasteiger partial charge in [-0.25, -0.2) is 0 Å². The average Bonchev–Trinajstić information content (AvgIpc) is 2.84. The quantitative estimate of drug-likeness (QED) is 0.337. The highest BCUT2D eigenvalue weighted by atomic mass is 79.9. The maximum atomic E-state index is 13.6. The lowest BCUT2D eigenvalue weighted by Gasteiger charge is -2.32. The second-order valence-corrected chi connectivity index (χ2v) is 10.1. The van der Waals surface area contributed by atoms with E-state index < -0.39 is 6.04 Å². The number of likely N-dealkylation sites (N-methyl/N-ethyl adjacent to an activating group) is 1. The topological polar surface area (TPSA) is 49.4 Å². The van der Waals surface area contributed by atoms with Crippen molar-refractivity contribution in [2.45, 2.75) is 38.6 Å². The fraction of sp³-hybridized carbons (Fsp3) is 0.286. The molecule has 1 atom stereocenters. The summed E-state index contributed by atoms with van der Waals surface area (Å²) in [5.74, 6) is 0.901. The molecule has 0 bridgehead atoms. The van der Waals surface area contributed by atoms with E-state index in [0.717, 1.165) is 32.5 Å². The summed E-state index contributed by atoms with van der Waals surface area (Å²) < 4.78 is 1.03. The van der Waals surface area contributed by atoms with E-state index in [2.05, 4.69) is 33.4 Å². The Bertz CT molecular complexity index is 1070. The highest BCUT2D eigenvalue weighted by Crippen LogP contribution is 2.20. The van der Waals surface area contributed by atoms with Crippen molar-refractivity contribution in [3.63, 3.8) is 0 Å². The van der Waals surface area contributed by atoms with Crippen LogP contribution in [0.1, 0.15) is 29.2 Å². The lowest BCUT2D eigenvalue weighted by molar-refractivity contribution is -0.139. The van der Waals surface area contributed by atoms with Crippen LogP contribution in [0, 0.1) is 6.92 Å². The van der Waals surface area contributed by atoms with Crippen LogP contribution in [0.3, 0.4) is 0 Å². The number of hydrogen-bond acceptors (Lipinski definition) is 3. The third-order valence-electron chi connectivity index (χ3n) is 5.63. The van der Waals surface area contributed by atoms with Gasteiger partial charge in [0.25, 0.3) is 0 Å². The monoisotopic (exact) mass is 538 g/mol. The van der Waals surface area contributed by atoms with E-state index in [0.29, 0.717) is 25.3 Å². The third kappa shape index (κ3) is 7.74. The molecule has 0 aliphatic heterocycles. The van der Waals surface area contributed by atoms with Gasteiger partial charge in [-0.15, -0.1) is 11.8 Å². The Labute approximate surface area is 215 Å². The van der Waals surface area contributed by atoms with Crippen molar-refractivity contribution >= 4 is 39.5 Å². The van der Waals surface area contributed by atoms with Crippen LogP contribution in [-0.2, 0) is 28.3 Å². The number of amides is 2. The van der Waals surface area contributed by atoms with Crippen molar-refractivity contribution in [1.82, 2.24) is 10.2 Å². The number of nitrogens with one attached hydrogen (secondary N) is 1. The van der Waals surface area contributed by atoms with Crippen LogP contribution in [-0.4, -0.2) is 35.1 Å². The normalized spacial score (nSPS) is 11.6. The smallest absolute Gasteiger partial charge is 0.243 e. The molecule has 2 amide bonds. The number of aryl methyl sites for hydroxylation is 1. The molecule has 0 aliphatic carbocycles. The first-order chi connectivity index (χ1) is 16.5. The molecule has 4 nitrogen and oxygen atoms in total. The Hall–Kier alpha value is -2.57. The van der Waals surface area contributed by atoms with Gasteiger partial charge in [0.1, 0.15) is 6.04 Å². The average molecular weight is 540 g/mol. The van der Waals surface area contributed by atoms with Crippen LogP contribution in [0.2, 0.25) is 0 Å². The fourth-order valence-electron chi connectivity index (χ4n) is 3.74. The molecule has 0 fully saturated rings. The van der Waals surface area contributed by atoms with Gasteiger partial charge in [0.15, 0.2) is 0 Å². The summed E-state index contributed by atoms with van der Waals surface area (Å²) in [4.78, 5) is 28.5. The number of halogens is 1. The Morgan fingerprint density at radius 2 is 1.62 bits per heavy atom. The Balaban J connectivity index is 1.82. The molecule has 0 aromatic heterocycles. The summed E-state index contributed by atoms with van der Waals surface area (Å²) >= 11 is 5.03. The predicted octanol–water partition coefficient (Wildman–Crippen LogP) is 5.77. The molecule has 1 N–H and O–H groups in total. The zero-order chi connectivity index (χ0) is 24.3. The van der Waals surface area contributed by atoms with Crippen molar-refractivity contribution < 1.29 is 9.59 Å². The first-order valence-corrected chi connectivity index (χ1v) is 13.4. The molecule has 0 spiro atoms. The summed E-state index contributed by atoms with van der Waals surface area (Å²) in [6.45, 7) is 4.87. The van der Waals surface area contributed by atoms with E-state index >= 15 is 0 Å². The highest BCUT2D eigenvalue weighted by molar-refractivity contribution is 9.10. The highest BCUT2D eigenvalue weighted by Gasteiger charge is 2.30. The number of benzene rings is 3. The second-order valence-electron chi connectivity index (χ2n) is 8.17. The minimum atomic E-state index is -0.581. The second kappa shape index (κ2) is 13.4. The van der Waals surface area contributed by atoms with E-state index in [-0.39, 0.29) is 11.8 Å². The molecule has 34 heavy (non-hydrogen) atoms. The van der Waals surface area contributed by atoms with Gasteiger partial charge in [-0.3, -0.25) is 9.59 Å². The molecule has 3 aromatic rings. The minimum Gasteiger partial charge on any atom is -0.355 e. The fourth-order valence-corrected chi connectivity index (χ4v) is 4.87. The number of rotatable bonds is 11. The van der Waals surface area contributed by atoms with Crippen molar-refractivity contribution in [2.24, 2.45) is 0 Å². The van der Waals surface area contributed by atoms with Crippen LogP contribution < -0.4 is 5.32 Å². The molecule has 0 saturated carbocycles. The number of nitrogens with zero attached hydrogens (tertiary/aromatic N) is 1. The first-order valence-electron chi connectivity index (χ1n) is 11.5. The van der Waals surface area contributed by atoms with E-state index in [9.17, 15) is 9.59 Å². The molecule has 3 aromatic carbocycles. The van der Waals surface area contributed by atoms with Crippen LogP contribution in [0.5, 0.6) is 0 Å². The molecule has 178 valence electrons. The van der Waals surface area contributed by atoms with Gasteiger partial charge in [0.05, 0.1) is 5.75 Å². The van der Waals surface area contributed by atoms with Crippen LogP contribution in [0.15, 0.2) is 83.3 Å². The zero-order valence-corrected chi connectivity index (χ0v) is 22.1. The zero-order valence-electron chi connectivity index (χ0n) is 19.7. The molecule has 6 heteroatoms. The standard InChI is InChI=1S/C28H31BrN2O2S/c1-3-30-28(33)26(17-22-10-5-4-6-11-22)31(18-24-12-8-7-9-21(24)2)27(32)20-34-19-23-13-15-25(29)16-14-23/h4-16,26H,3,17-20H2,1-2H3,(H,30,33)/t26-/m1/s1. The van der Waals surface area contributed by atoms with Gasteiger partial charge in [0, 0.05) is 29.7 Å². The van der Waals surface area contributed by atoms with Gasteiger partial charge in [0.2, 0.25) is 11.8 Å². The van der Waals surface area contributed by atoms with E-state index in [4.69, 9.17) is 0 Å². The lowest BCUT2D eigenvalue weighted by Crippen LogP contribution is -2.51. The van der Waals surface area contributed by atoms with Crippen LogP contribution >= 0.6 is 27.7 Å². The van der Waals surface area contributed by atoms with E-state index in [1.54, 1.807) is 16.7 Å². The van der Waals surface area contributed by atoms with Gasteiger partial charge < -0.3 is 10.2 Å². The molecule has 0 aliphatic rings. The third-order valence-corrected chi connectivity index (χ3v) is 7.15. The van der Waals surface area contributed by atoms with Crippen molar-refractivity contribution in [2.75, 3.05) is 12.3 Å². The molecular formula is C28H31BrN2O2S. The summed E-state index contributed by atoms with van der Waals surface area (Å²) in [6.07, 6.45) is 0.474. The molecule has 3 rings (SSSR count). The largest absolute Gasteiger partial charge is 0.355 e. The van der Waals surface area contributed by atoms with Crippen LogP contribution in [0.25, 0.3) is 0 Å². The minimum absolute atomic E-state index is 0.0300. The Kier molecular flexibility index (Phi) is 10.2. The Morgan fingerprint density at radius 1 is 0.941 bits per heavy atom. The number of carbonyl (C=O) groups is 2. The first kappa shape index (κ1) is 26.0. The van der Waals surface area contributed by atoms with Gasteiger partial charge in [-0.2, -0.15) is 0 Å². The molecule has 0 unspecified atom stereocenters. The van der Waals surface area contributed by atoms with E-state index in [1.165, 1.54) is 0 Å².